The third-order valence-corrected chi connectivity index (χ3v) is 5.28. The maximum atomic E-state index is 13.7. The second-order valence-electron chi connectivity index (χ2n) is 7.28. The van der Waals surface area contributed by atoms with Gasteiger partial charge in [-0.05, 0) is 35.7 Å². The van der Waals surface area contributed by atoms with Crippen LogP contribution in [0.3, 0.4) is 0 Å². The van der Waals surface area contributed by atoms with Crippen molar-refractivity contribution in [1.29, 1.82) is 0 Å². The molecule has 0 aliphatic rings. The highest BCUT2D eigenvalue weighted by atomic mass is 35.5. The first-order valence-electron chi connectivity index (χ1n) is 9.43. The van der Waals surface area contributed by atoms with Gasteiger partial charge in [-0.2, -0.15) is 13.2 Å². The number of aliphatic carboxylic acids is 1. The highest BCUT2D eigenvalue weighted by Crippen LogP contribution is 2.40. The molecular weight excluding hydrogens is 451 g/mol. The molecule has 0 bridgehead atoms. The van der Waals surface area contributed by atoms with Gasteiger partial charge >= 0.3 is 12.1 Å². The molecule has 2 aromatic rings. The molecule has 0 radical (unpaired) electrons. The summed E-state index contributed by atoms with van der Waals surface area (Å²) >= 11 is 10.3. The van der Waals surface area contributed by atoms with E-state index < -0.39 is 35.9 Å². The summed E-state index contributed by atoms with van der Waals surface area (Å²) in [5, 5.41) is 9.14. The second-order valence-corrected chi connectivity index (χ2v) is 7.97. The molecule has 0 heterocycles. The van der Waals surface area contributed by atoms with Gasteiger partial charge in [0.2, 0.25) is 0 Å². The van der Waals surface area contributed by atoms with Gasteiger partial charge in [-0.3, -0.25) is 9.52 Å². The first-order chi connectivity index (χ1) is 14.5. The number of carbonyl (C=O) groups is 1. The predicted molar refractivity (Wildman–Crippen MR) is 117 cm³/mol. The molecule has 3 unspecified atom stereocenters. The number of alkyl halides is 3. The normalized spacial score (nSPS) is 15.4. The number of ether oxygens (including phenoxy) is 1. The quantitative estimate of drug-likeness (QED) is 0.358. The van der Waals surface area contributed by atoms with Crippen molar-refractivity contribution in [3.63, 3.8) is 0 Å². The van der Waals surface area contributed by atoms with Gasteiger partial charge in [-0.25, -0.2) is 0 Å². The van der Waals surface area contributed by atoms with Crippen molar-refractivity contribution >= 4 is 30.4 Å². The van der Waals surface area contributed by atoms with Crippen LogP contribution in [-0.4, -0.2) is 17.3 Å². The van der Waals surface area contributed by atoms with Crippen molar-refractivity contribution in [1.82, 2.24) is 4.72 Å². The molecule has 0 saturated carbocycles. The minimum absolute atomic E-state index is 0.221. The predicted octanol–water partition coefficient (Wildman–Crippen LogP) is 6.61. The smallest absolute Gasteiger partial charge is 0.396 e. The summed E-state index contributed by atoms with van der Waals surface area (Å²) in [6.07, 6.45) is -4.04. The number of carboxylic acid groups (broad SMARTS) is 1. The van der Waals surface area contributed by atoms with Crippen LogP contribution in [0.4, 0.5) is 13.2 Å². The lowest BCUT2D eigenvalue weighted by Gasteiger charge is -2.27. The summed E-state index contributed by atoms with van der Waals surface area (Å²) in [6.45, 7) is 2.86. The number of thiol groups is 1. The fourth-order valence-corrected chi connectivity index (χ4v) is 3.88. The number of benzene rings is 2. The number of carboxylic acids is 1. The Kier molecular flexibility index (Phi) is 8.85. The molecular formula is C22H23ClF3NO3S. The third kappa shape index (κ3) is 6.92. The Morgan fingerprint density at radius 1 is 1.13 bits per heavy atom. The highest BCUT2D eigenvalue weighted by molar-refractivity contribution is 7.78. The highest BCUT2D eigenvalue weighted by Gasteiger charge is 2.47. The van der Waals surface area contributed by atoms with Gasteiger partial charge in [0.1, 0.15) is 11.5 Å². The number of hydrogen-bond acceptors (Lipinski definition) is 4. The Morgan fingerprint density at radius 3 is 2.26 bits per heavy atom. The Bertz CT molecular complexity index is 906. The van der Waals surface area contributed by atoms with E-state index in [0.29, 0.717) is 17.1 Å². The summed E-state index contributed by atoms with van der Waals surface area (Å²) in [5.41, 5.74) is 0.502. The largest absolute Gasteiger partial charge is 0.481 e. The van der Waals surface area contributed by atoms with E-state index in [-0.39, 0.29) is 5.03 Å². The number of nitrogens with one attached hydrogen (secondary N) is 1. The monoisotopic (exact) mass is 473 g/mol. The number of rotatable bonds is 9. The lowest BCUT2D eigenvalue weighted by Crippen LogP contribution is -2.37. The zero-order valence-corrected chi connectivity index (χ0v) is 18.5. The Labute approximate surface area is 189 Å². The van der Waals surface area contributed by atoms with Crippen molar-refractivity contribution in [2.75, 3.05) is 0 Å². The van der Waals surface area contributed by atoms with E-state index >= 15 is 0 Å². The number of hydrogen-bond donors (Lipinski definition) is 3. The van der Waals surface area contributed by atoms with E-state index in [9.17, 15) is 23.1 Å². The van der Waals surface area contributed by atoms with Gasteiger partial charge in [-0.1, -0.05) is 74.7 Å². The summed E-state index contributed by atoms with van der Waals surface area (Å²) in [5.74, 6) is -5.18. The molecule has 2 aromatic carbocycles. The van der Waals surface area contributed by atoms with Crippen molar-refractivity contribution < 1.29 is 27.8 Å². The SMILES string of the molecule is CC(C)C(C(=O)O)C(C=C(Cl)C(NS)c1cccc(Oc2ccccc2)c1)C(F)(F)F. The minimum Gasteiger partial charge on any atom is -0.481 e. The van der Waals surface area contributed by atoms with Crippen LogP contribution >= 0.6 is 24.4 Å². The molecule has 0 saturated heterocycles. The van der Waals surface area contributed by atoms with Gasteiger partial charge in [-0.15, -0.1) is 0 Å². The van der Waals surface area contributed by atoms with E-state index in [0.717, 1.165) is 6.08 Å². The summed E-state index contributed by atoms with van der Waals surface area (Å²) in [6, 6.07) is 14.7. The van der Waals surface area contributed by atoms with E-state index in [1.165, 1.54) is 13.8 Å². The van der Waals surface area contributed by atoms with Crippen molar-refractivity contribution in [2.45, 2.75) is 26.1 Å². The fraction of sp³-hybridized carbons (Fsp3) is 0.318. The van der Waals surface area contributed by atoms with Crippen LogP contribution in [0.15, 0.2) is 65.7 Å². The molecule has 9 heteroatoms. The fourth-order valence-electron chi connectivity index (χ4n) is 3.20. The van der Waals surface area contributed by atoms with E-state index in [1.807, 2.05) is 18.2 Å². The molecule has 0 aliphatic heterocycles. The van der Waals surface area contributed by atoms with Crippen molar-refractivity contribution in [2.24, 2.45) is 17.8 Å². The first kappa shape index (κ1) is 25.1. The van der Waals surface area contributed by atoms with Crippen LogP contribution in [-0.2, 0) is 4.79 Å². The number of allylic oxidation sites excluding steroid dienone is 1. The van der Waals surface area contributed by atoms with Gasteiger partial charge in [0, 0.05) is 5.03 Å². The molecule has 0 aromatic heterocycles. The molecule has 31 heavy (non-hydrogen) atoms. The molecule has 168 valence electrons. The van der Waals surface area contributed by atoms with Crippen molar-refractivity contribution in [3.8, 4) is 11.5 Å². The number of halogens is 4. The molecule has 0 amide bonds. The van der Waals surface area contributed by atoms with Crippen LogP contribution in [0.2, 0.25) is 0 Å². The minimum atomic E-state index is -4.78. The van der Waals surface area contributed by atoms with Gasteiger partial charge in [0.25, 0.3) is 0 Å². The zero-order valence-electron chi connectivity index (χ0n) is 16.8. The van der Waals surface area contributed by atoms with E-state index in [4.69, 9.17) is 16.3 Å². The van der Waals surface area contributed by atoms with E-state index in [2.05, 4.69) is 17.5 Å². The summed E-state index contributed by atoms with van der Waals surface area (Å²) in [4.78, 5) is 11.5. The standard InChI is InChI=1S/C22H23ClF3NO3S/c1-13(2)19(21(28)29)17(22(24,25)26)12-18(23)20(27-31)14-7-6-10-16(11-14)30-15-8-4-3-5-9-15/h3-13,17,19-20,27,31H,1-2H3,(H,28,29). The maximum Gasteiger partial charge on any atom is 0.396 e. The molecule has 0 aliphatic carbocycles. The Hall–Kier alpha value is -2.16. The van der Waals surface area contributed by atoms with Crippen LogP contribution < -0.4 is 9.46 Å². The van der Waals surface area contributed by atoms with Crippen molar-refractivity contribution in [3.05, 3.63) is 71.3 Å². The molecule has 4 nitrogen and oxygen atoms in total. The maximum absolute atomic E-state index is 13.7. The van der Waals surface area contributed by atoms with E-state index in [1.54, 1.807) is 36.4 Å². The lowest BCUT2D eigenvalue weighted by atomic mass is 9.82. The summed E-state index contributed by atoms with van der Waals surface area (Å²) in [7, 11) is 0. The van der Waals surface area contributed by atoms with Crippen LogP contribution in [0.25, 0.3) is 0 Å². The number of para-hydroxylation sites is 1. The van der Waals surface area contributed by atoms with Crippen LogP contribution in [0.1, 0.15) is 25.5 Å². The van der Waals surface area contributed by atoms with Gasteiger partial charge in [0.05, 0.1) is 17.9 Å². The van der Waals surface area contributed by atoms with Crippen LogP contribution in [0.5, 0.6) is 11.5 Å². The van der Waals surface area contributed by atoms with Gasteiger partial charge < -0.3 is 9.84 Å². The molecule has 0 fully saturated rings. The zero-order chi connectivity index (χ0) is 23.2. The average Bonchev–Trinajstić information content (AvgIpc) is 2.68. The lowest BCUT2D eigenvalue weighted by molar-refractivity contribution is -0.188. The molecule has 2 rings (SSSR count). The molecule has 3 atom stereocenters. The van der Waals surface area contributed by atoms with Gasteiger partial charge in [0.15, 0.2) is 0 Å². The first-order valence-corrected chi connectivity index (χ1v) is 10.3. The Balaban J connectivity index is 2.38. The topological polar surface area (TPSA) is 58.6 Å². The average molecular weight is 474 g/mol. The summed E-state index contributed by atoms with van der Waals surface area (Å²) < 4.78 is 49.4. The third-order valence-electron chi connectivity index (χ3n) is 4.68. The Morgan fingerprint density at radius 2 is 1.74 bits per heavy atom. The second kappa shape index (κ2) is 10.9. The van der Waals surface area contributed by atoms with Crippen LogP contribution in [0, 0.1) is 17.8 Å². The molecule has 2 N–H and O–H groups in total. The molecule has 0 spiro atoms.